The number of hydrogen-bond donors (Lipinski definition) is 0. The molecule has 7 heteroatoms. The lowest BCUT2D eigenvalue weighted by Gasteiger charge is -2.35. The topological polar surface area (TPSA) is 42.0 Å². The molecule has 0 aliphatic carbocycles. The Hall–Kier alpha value is -1.86. The fourth-order valence-electron chi connectivity index (χ4n) is 2.54. The number of rotatable bonds is 5. The highest BCUT2D eigenvalue weighted by atomic mass is 32.2. The average molecular weight is 379 g/mol. The van der Waals surface area contributed by atoms with Crippen LogP contribution in [-0.4, -0.2) is 32.4 Å². The molecule has 3 rings (SSSR count). The Morgan fingerprint density at radius 3 is 2.84 bits per heavy atom. The molecule has 0 radical (unpaired) electrons. The molecule has 0 unspecified atom stereocenters. The van der Waals surface area contributed by atoms with Gasteiger partial charge in [-0.05, 0) is 61.9 Å². The minimum Gasteiger partial charge on any atom is -0.479 e. The van der Waals surface area contributed by atoms with E-state index >= 15 is 0 Å². The molecule has 1 aromatic carbocycles. The third-order valence-electron chi connectivity index (χ3n) is 3.78. The zero-order valence-corrected chi connectivity index (χ0v) is 16.4. The number of hydrogen-bond acceptors (Lipinski definition) is 7. The van der Waals surface area contributed by atoms with Gasteiger partial charge in [0.2, 0.25) is 0 Å². The molecule has 0 bridgehead atoms. The van der Waals surface area contributed by atoms with Crippen LogP contribution < -0.4 is 13.9 Å². The molecular weight excluding hydrogens is 356 g/mol. The quantitative estimate of drug-likeness (QED) is 0.571. The van der Waals surface area contributed by atoms with E-state index in [4.69, 9.17) is 9.47 Å². The number of esters is 1. The van der Waals surface area contributed by atoms with E-state index in [0.717, 1.165) is 17.3 Å². The third kappa shape index (κ3) is 4.04. The van der Waals surface area contributed by atoms with Crippen LogP contribution in [0, 0.1) is 6.92 Å². The molecule has 1 aromatic heterocycles. The van der Waals surface area contributed by atoms with Crippen molar-refractivity contribution < 1.29 is 14.3 Å². The fourth-order valence-corrected chi connectivity index (χ4v) is 4.63. The summed E-state index contributed by atoms with van der Waals surface area (Å²) in [6.45, 7) is 6.75. The summed E-state index contributed by atoms with van der Waals surface area (Å²) in [4.78, 5) is 15.1. The van der Waals surface area contributed by atoms with Gasteiger partial charge >= 0.3 is 5.97 Å². The second kappa shape index (κ2) is 7.58. The maximum Gasteiger partial charge on any atom is 0.347 e. The Morgan fingerprint density at radius 2 is 2.16 bits per heavy atom. The first-order valence-electron chi connectivity index (χ1n) is 8.17. The number of thiophene rings is 1. The molecule has 25 heavy (non-hydrogen) atoms. The molecule has 1 aliphatic rings. The van der Waals surface area contributed by atoms with Gasteiger partial charge in [-0.2, -0.15) is 0 Å². The highest BCUT2D eigenvalue weighted by Crippen LogP contribution is 2.43. The first kappa shape index (κ1) is 17.9. The first-order valence-corrected chi connectivity index (χ1v) is 9.82. The molecule has 2 aromatic rings. The van der Waals surface area contributed by atoms with Gasteiger partial charge in [0.05, 0.1) is 17.2 Å². The van der Waals surface area contributed by atoms with Gasteiger partial charge in [0.25, 0.3) is 0 Å². The summed E-state index contributed by atoms with van der Waals surface area (Å²) in [5, 5.41) is 3.41. The first-order chi connectivity index (χ1) is 12.0. The van der Waals surface area contributed by atoms with Crippen LogP contribution in [0.3, 0.4) is 0 Å². The molecule has 5 nitrogen and oxygen atoms in total. The monoisotopic (exact) mass is 378 g/mol. The highest BCUT2D eigenvalue weighted by molar-refractivity contribution is 8.01. The van der Waals surface area contributed by atoms with Crippen LogP contribution in [0.25, 0.3) is 0 Å². The highest BCUT2D eigenvalue weighted by Gasteiger charge is 2.24. The summed E-state index contributed by atoms with van der Waals surface area (Å²) in [5.74, 6) is 0.328. The number of anilines is 2. The van der Waals surface area contributed by atoms with Crippen LogP contribution in [0.4, 0.5) is 10.7 Å². The molecule has 0 spiro atoms. The van der Waals surface area contributed by atoms with Gasteiger partial charge < -0.3 is 14.4 Å². The number of benzene rings is 1. The maximum atomic E-state index is 11.7. The average Bonchev–Trinajstić information content (AvgIpc) is 3.02. The lowest BCUT2D eigenvalue weighted by Crippen LogP contribution is -2.34. The van der Waals surface area contributed by atoms with Crippen molar-refractivity contribution in [1.82, 2.24) is 0 Å². The van der Waals surface area contributed by atoms with Crippen LogP contribution in [-0.2, 0) is 9.53 Å². The summed E-state index contributed by atoms with van der Waals surface area (Å²) < 4.78 is 13.0. The predicted octanol–water partition coefficient (Wildman–Crippen LogP) is 4.31. The molecule has 0 amide bonds. The molecule has 0 saturated heterocycles. The number of fused-ring (bicyclic) bond motifs is 1. The van der Waals surface area contributed by atoms with Gasteiger partial charge in [0, 0.05) is 13.1 Å². The molecule has 134 valence electrons. The molecular formula is C18H22N2O3S2. The third-order valence-corrected chi connectivity index (χ3v) is 6.04. The fraction of sp³-hybridized carbons (Fsp3) is 0.389. The lowest BCUT2D eigenvalue weighted by atomic mass is 10.2. The van der Waals surface area contributed by atoms with Crippen molar-refractivity contribution in [2.75, 3.05) is 29.5 Å². The van der Waals surface area contributed by atoms with Crippen molar-refractivity contribution in [1.29, 1.82) is 0 Å². The van der Waals surface area contributed by atoms with E-state index < -0.39 is 6.10 Å². The predicted molar refractivity (Wildman–Crippen MR) is 104 cm³/mol. The molecule has 0 fully saturated rings. The Balaban J connectivity index is 1.75. The number of aryl methyl sites for hydroxylation is 1. The maximum absolute atomic E-state index is 11.7. The SMILES string of the molecule is CCOC(=O)[C@@H](C)Oc1ccc2c(c1)N(C)CN(c1cc(C)cs1)S2. The minimum atomic E-state index is -0.620. The minimum absolute atomic E-state index is 0.345. The molecule has 0 N–H and O–H groups in total. The zero-order valence-electron chi connectivity index (χ0n) is 14.8. The van der Waals surface area contributed by atoms with Crippen LogP contribution in [0.2, 0.25) is 0 Å². The van der Waals surface area contributed by atoms with Crippen LogP contribution >= 0.6 is 23.3 Å². The molecule has 2 heterocycles. The van der Waals surface area contributed by atoms with Gasteiger partial charge in [-0.15, -0.1) is 11.3 Å². The van der Waals surface area contributed by atoms with E-state index in [1.807, 2.05) is 18.2 Å². The van der Waals surface area contributed by atoms with E-state index in [2.05, 4.69) is 34.6 Å². The summed E-state index contributed by atoms with van der Waals surface area (Å²) >= 11 is 3.48. The van der Waals surface area contributed by atoms with Gasteiger partial charge in [0.1, 0.15) is 17.4 Å². The molecule has 1 atom stereocenters. The van der Waals surface area contributed by atoms with Gasteiger partial charge in [0.15, 0.2) is 6.10 Å². The van der Waals surface area contributed by atoms with Gasteiger partial charge in [-0.3, -0.25) is 4.31 Å². The van der Waals surface area contributed by atoms with Crippen LogP contribution in [0.15, 0.2) is 34.5 Å². The summed E-state index contributed by atoms with van der Waals surface area (Å²) in [6, 6.07) is 8.12. The standard InChI is InChI=1S/C18H22N2O3S2/c1-5-22-18(21)13(3)23-14-6-7-16-15(9-14)19(4)11-20(25-16)17-8-12(2)10-24-17/h6-10,13H,5,11H2,1-4H3/t13-/m1/s1. The molecule has 0 saturated carbocycles. The molecule has 1 aliphatic heterocycles. The Bertz CT molecular complexity index is 763. The smallest absolute Gasteiger partial charge is 0.347 e. The van der Waals surface area contributed by atoms with Crippen molar-refractivity contribution in [2.24, 2.45) is 0 Å². The van der Waals surface area contributed by atoms with E-state index in [0.29, 0.717) is 12.4 Å². The second-order valence-corrected chi connectivity index (χ2v) is 7.87. The Morgan fingerprint density at radius 1 is 1.36 bits per heavy atom. The number of carbonyl (C=O) groups is 1. The largest absolute Gasteiger partial charge is 0.479 e. The zero-order chi connectivity index (χ0) is 18.0. The van der Waals surface area contributed by atoms with E-state index in [1.165, 1.54) is 10.6 Å². The van der Waals surface area contributed by atoms with Gasteiger partial charge in [-0.1, -0.05) is 0 Å². The Labute approximate surface area is 156 Å². The lowest BCUT2D eigenvalue weighted by molar-refractivity contribution is -0.150. The summed E-state index contributed by atoms with van der Waals surface area (Å²) in [6.07, 6.45) is -0.620. The van der Waals surface area contributed by atoms with Crippen LogP contribution in [0.1, 0.15) is 19.4 Å². The van der Waals surface area contributed by atoms with Gasteiger partial charge in [-0.25, -0.2) is 4.79 Å². The van der Waals surface area contributed by atoms with Crippen molar-refractivity contribution >= 4 is 39.9 Å². The van der Waals surface area contributed by atoms with E-state index in [9.17, 15) is 4.79 Å². The van der Waals surface area contributed by atoms with E-state index in [1.54, 1.807) is 37.1 Å². The summed E-state index contributed by atoms with van der Waals surface area (Å²) in [7, 11) is 2.06. The van der Waals surface area contributed by atoms with E-state index in [-0.39, 0.29) is 5.97 Å². The normalized spacial score (nSPS) is 14.9. The second-order valence-electron chi connectivity index (χ2n) is 5.91. The van der Waals surface area contributed by atoms with Crippen LogP contribution in [0.5, 0.6) is 5.75 Å². The Kier molecular flexibility index (Phi) is 5.44. The number of carbonyl (C=O) groups excluding carboxylic acids is 1. The number of nitrogens with zero attached hydrogens (tertiary/aromatic N) is 2. The van der Waals surface area contributed by atoms with Crippen molar-refractivity contribution in [3.63, 3.8) is 0 Å². The number of ether oxygens (including phenoxy) is 2. The van der Waals surface area contributed by atoms with Crippen molar-refractivity contribution in [3.05, 3.63) is 35.2 Å². The summed E-state index contributed by atoms with van der Waals surface area (Å²) in [5.41, 5.74) is 2.38. The van der Waals surface area contributed by atoms with Crippen molar-refractivity contribution in [3.8, 4) is 5.75 Å². The van der Waals surface area contributed by atoms with Crippen molar-refractivity contribution in [2.45, 2.75) is 31.8 Å².